The van der Waals surface area contributed by atoms with Crippen molar-refractivity contribution in [2.24, 2.45) is 5.73 Å². The first kappa shape index (κ1) is 17.0. The van der Waals surface area contributed by atoms with Crippen LogP contribution in [0.3, 0.4) is 0 Å². The lowest BCUT2D eigenvalue weighted by Crippen LogP contribution is -2.26. The fourth-order valence-corrected chi connectivity index (χ4v) is 2.62. The van der Waals surface area contributed by atoms with E-state index in [4.69, 9.17) is 5.73 Å². The van der Waals surface area contributed by atoms with Crippen LogP contribution < -0.4 is 11.1 Å². The highest BCUT2D eigenvalue weighted by Crippen LogP contribution is 2.19. The Labute approximate surface area is 137 Å². The number of nitrogens with one attached hydrogen (secondary N) is 1. The summed E-state index contributed by atoms with van der Waals surface area (Å²) in [5.74, 6) is -0.966. The maximum absolute atomic E-state index is 12.8. The second-order valence-corrected chi connectivity index (χ2v) is 5.71. The lowest BCUT2D eigenvalue weighted by atomic mass is 10.1. The number of hydrogen-bond acceptors (Lipinski definition) is 4. The zero-order valence-electron chi connectivity index (χ0n) is 12.3. The molecule has 1 aromatic heterocycles. The van der Waals surface area contributed by atoms with E-state index in [2.05, 4.69) is 10.3 Å². The van der Waals surface area contributed by atoms with E-state index in [1.54, 1.807) is 30.5 Å². The summed E-state index contributed by atoms with van der Waals surface area (Å²) in [4.78, 5) is 27.2. The van der Waals surface area contributed by atoms with Crippen LogP contribution in [0.1, 0.15) is 15.9 Å². The van der Waals surface area contributed by atoms with E-state index < -0.39 is 5.91 Å². The van der Waals surface area contributed by atoms with Crippen molar-refractivity contribution in [3.63, 3.8) is 0 Å². The van der Waals surface area contributed by atoms with E-state index in [0.29, 0.717) is 23.6 Å². The van der Waals surface area contributed by atoms with Crippen LogP contribution in [-0.2, 0) is 11.2 Å². The zero-order chi connectivity index (χ0) is 16.7. The summed E-state index contributed by atoms with van der Waals surface area (Å²) in [6.45, 7) is 0.416. The summed E-state index contributed by atoms with van der Waals surface area (Å²) < 4.78 is 12.8. The molecule has 2 amide bonds. The predicted octanol–water partition coefficient (Wildman–Crippen LogP) is 1.77. The number of carbonyl (C=O) groups is 2. The van der Waals surface area contributed by atoms with E-state index in [9.17, 15) is 14.0 Å². The summed E-state index contributed by atoms with van der Waals surface area (Å²) in [6.07, 6.45) is 2.15. The highest BCUT2D eigenvalue weighted by atomic mass is 32.2. The molecule has 0 aliphatic rings. The van der Waals surface area contributed by atoms with Gasteiger partial charge < -0.3 is 11.1 Å². The Morgan fingerprint density at radius 1 is 1.22 bits per heavy atom. The Hall–Kier alpha value is -2.41. The molecule has 0 aliphatic carbocycles. The first-order valence-electron chi connectivity index (χ1n) is 6.95. The molecule has 3 N–H and O–H groups in total. The van der Waals surface area contributed by atoms with Crippen LogP contribution >= 0.6 is 11.8 Å². The van der Waals surface area contributed by atoms with Gasteiger partial charge in [0.1, 0.15) is 10.8 Å². The molecule has 2 aromatic rings. The Balaban J connectivity index is 1.92. The van der Waals surface area contributed by atoms with Gasteiger partial charge in [-0.15, -0.1) is 0 Å². The molecule has 7 heteroatoms. The predicted molar refractivity (Wildman–Crippen MR) is 86.6 cm³/mol. The van der Waals surface area contributed by atoms with Gasteiger partial charge in [0.2, 0.25) is 5.91 Å². The van der Waals surface area contributed by atoms with Crippen molar-refractivity contribution in [3.05, 3.63) is 59.5 Å². The van der Waals surface area contributed by atoms with Crippen LogP contribution in [-0.4, -0.2) is 29.1 Å². The van der Waals surface area contributed by atoms with E-state index >= 15 is 0 Å². The lowest BCUT2D eigenvalue weighted by Gasteiger charge is -2.08. The minimum absolute atomic E-state index is 0.0624. The van der Waals surface area contributed by atoms with Gasteiger partial charge in [-0.3, -0.25) is 9.59 Å². The number of benzene rings is 1. The van der Waals surface area contributed by atoms with Gasteiger partial charge in [0.05, 0.1) is 11.3 Å². The molecule has 0 radical (unpaired) electrons. The van der Waals surface area contributed by atoms with Crippen molar-refractivity contribution in [1.82, 2.24) is 10.3 Å². The number of primary amides is 1. The van der Waals surface area contributed by atoms with Crippen molar-refractivity contribution >= 4 is 23.6 Å². The monoisotopic (exact) mass is 333 g/mol. The molecule has 0 saturated heterocycles. The SMILES string of the molecule is NC(=O)CSc1ncccc1C(=O)NCCc1ccc(F)cc1. The van der Waals surface area contributed by atoms with Crippen LogP contribution in [0.15, 0.2) is 47.6 Å². The van der Waals surface area contributed by atoms with Crippen molar-refractivity contribution < 1.29 is 14.0 Å². The Bertz CT molecular complexity index is 692. The van der Waals surface area contributed by atoms with Gasteiger partial charge >= 0.3 is 0 Å². The van der Waals surface area contributed by atoms with Gasteiger partial charge in [-0.25, -0.2) is 9.37 Å². The number of nitrogens with two attached hydrogens (primary N) is 1. The summed E-state index contributed by atoms with van der Waals surface area (Å²) in [7, 11) is 0. The number of rotatable bonds is 7. The molecule has 0 spiro atoms. The lowest BCUT2D eigenvalue weighted by molar-refractivity contribution is -0.115. The summed E-state index contributed by atoms with van der Waals surface area (Å²) >= 11 is 1.13. The van der Waals surface area contributed by atoms with E-state index in [1.165, 1.54) is 12.1 Å². The number of carbonyl (C=O) groups excluding carboxylic acids is 2. The van der Waals surface area contributed by atoms with Crippen molar-refractivity contribution in [1.29, 1.82) is 0 Å². The number of aromatic nitrogens is 1. The smallest absolute Gasteiger partial charge is 0.254 e. The Kier molecular flexibility index (Phi) is 6.10. The van der Waals surface area contributed by atoms with Gasteiger partial charge in [-0.2, -0.15) is 0 Å². The van der Waals surface area contributed by atoms with Crippen molar-refractivity contribution in [3.8, 4) is 0 Å². The van der Waals surface area contributed by atoms with Gasteiger partial charge in [-0.1, -0.05) is 23.9 Å². The van der Waals surface area contributed by atoms with Crippen LogP contribution in [0, 0.1) is 5.82 Å². The second-order valence-electron chi connectivity index (χ2n) is 4.74. The van der Waals surface area contributed by atoms with Crippen LogP contribution in [0.2, 0.25) is 0 Å². The highest BCUT2D eigenvalue weighted by molar-refractivity contribution is 8.00. The van der Waals surface area contributed by atoms with Crippen molar-refractivity contribution in [2.75, 3.05) is 12.3 Å². The van der Waals surface area contributed by atoms with Gasteiger partial charge in [-0.05, 0) is 36.2 Å². The summed E-state index contributed by atoms with van der Waals surface area (Å²) in [6, 6.07) is 9.43. The van der Waals surface area contributed by atoms with E-state index in [0.717, 1.165) is 17.3 Å². The number of pyridine rings is 1. The zero-order valence-corrected chi connectivity index (χ0v) is 13.1. The number of nitrogens with zero attached hydrogens (tertiary/aromatic N) is 1. The number of halogens is 1. The number of hydrogen-bond donors (Lipinski definition) is 2. The molecule has 1 heterocycles. The molecule has 0 fully saturated rings. The molecule has 1 aromatic carbocycles. The molecule has 23 heavy (non-hydrogen) atoms. The molecule has 0 atom stereocenters. The van der Waals surface area contributed by atoms with E-state index in [-0.39, 0.29) is 17.5 Å². The molecule has 120 valence electrons. The topological polar surface area (TPSA) is 85.1 Å². The average Bonchev–Trinajstić information content (AvgIpc) is 2.55. The van der Waals surface area contributed by atoms with Crippen molar-refractivity contribution in [2.45, 2.75) is 11.4 Å². The maximum Gasteiger partial charge on any atom is 0.254 e. The molecular formula is C16H16FN3O2S. The normalized spacial score (nSPS) is 10.3. The second kappa shape index (κ2) is 8.28. The molecule has 5 nitrogen and oxygen atoms in total. The first-order chi connectivity index (χ1) is 11.1. The minimum Gasteiger partial charge on any atom is -0.369 e. The molecule has 2 rings (SSSR count). The molecule has 0 saturated carbocycles. The highest BCUT2D eigenvalue weighted by Gasteiger charge is 2.13. The average molecular weight is 333 g/mol. The Morgan fingerprint density at radius 3 is 2.65 bits per heavy atom. The van der Waals surface area contributed by atoms with Crippen LogP contribution in [0.5, 0.6) is 0 Å². The molecule has 0 unspecified atom stereocenters. The fraction of sp³-hybridized carbons (Fsp3) is 0.188. The molecule has 0 aliphatic heterocycles. The third kappa shape index (κ3) is 5.37. The van der Waals surface area contributed by atoms with Gasteiger partial charge in [0, 0.05) is 12.7 Å². The standard InChI is InChI=1S/C16H16FN3O2S/c17-12-5-3-11(4-6-12)7-9-19-15(22)13-2-1-8-20-16(13)23-10-14(18)21/h1-6,8H,7,9-10H2,(H2,18,21)(H,19,22). The largest absolute Gasteiger partial charge is 0.369 e. The van der Waals surface area contributed by atoms with Gasteiger partial charge in [0.25, 0.3) is 5.91 Å². The van der Waals surface area contributed by atoms with Gasteiger partial charge in [0.15, 0.2) is 0 Å². The van der Waals surface area contributed by atoms with Crippen LogP contribution in [0.4, 0.5) is 4.39 Å². The molecule has 0 bridgehead atoms. The third-order valence-electron chi connectivity index (χ3n) is 2.98. The third-order valence-corrected chi connectivity index (χ3v) is 4.01. The maximum atomic E-state index is 12.8. The number of thioether (sulfide) groups is 1. The summed E-state index contributed by atoms with van der Waals surface area (Å²) in [5, 5.41) is 3.25. The number of amides is 2. The molecular weight excluding hydrogens is 317 g/mol. The van der Waals surface area contributed by atoms with E-state index in [1.807, 2.05) is 0 Å². The first-order valence-corrected chi connectivity index (χ1v) is 7.93. The minimum atomic E-state index is -0.469. The van der Waals surface area contributed by atoms with Crippen LogP contribution in [0.25, 0.3) is 0 Å². The quantitative estimate of drug-likeness (QED) is 0.756. The Morgan fingerprint density at radius 2 is 1.96 bits per heavy atom. The summed E-state index contributed by atoms with van der Waals surface area (Å²) in [5.41, 5.74) is 6.44. The fourth-order valence-electron chi connectivity index (χ4n) is 1.88.